The predicted octanol–water partition coefficient (Wildman–Crippen LogP) is 5.55. The number of halogens is 1. The second-order valence-electron chi connectivity index (χ2n) is 8.71. The van der Waals surface area contributed by atoms with Gasteiger partial charge in [0.05, 0.1) is 28.7 Å². The zero-order chi connectivity index (χ0) is 28.4. The van der Waals surface area contributed by atoms with Gasteiger partial charge in [-0.3, -0.25) is 0 Å². The average molecular weight is 551 g/mol. The molecule has 5 rings (SSSR count). The fourth-order valence-corrected chi connectivity index (χ4v) is 3.70. The maximum atomic E-state index is 14.6. The van der Waals surface area contributed by atoms with E-state index in [9.17, 15) is 14.0 Å². The number of hydrogen-bond donors (Lipinski definition) is 2. The zero-order valence-corrected chi connectivity index (χ0v) is 21.5. The normalized spacial score (nSPS) is 16.1. The Morgan fingerprint density at radius 2 is 1.27 bits per heavy atom. The molecule has 204 valence electrons. The summed E-state index contributed by atoms with van der Waals surface area (Å²) < 4.78 is 14.6. The first-order valence-corrected chi connectivity index (χ1v) is 12.5. The van der Waals surface area contributed by atoms with E-state index in [0.29, 0.717) is 46.8 Å². The summed E-state index contributed by atoms with van der Waals surface area (Å²) in [5, 5.41) is 13.8. The Balaban J connectivity index is 1.23. The smallest absolute Gasteiger partial charge is 0.338 e. The number of rotatable bonds is 8. The van der Waals surface area contributed by atoms with E-state index in [1.54, 1.807) is 91.0 Å². The molecular weight excluding hydrogens is 527 g/mol. The summed E-state index contributed by atoms with van der Waals surface area (Å²) in [7, 11) is 0. The van der Waals surface area contributed by atoms with Crippen molar-refractivity contribution in [1.29, 1.82) is 0 Å². The highest BCUT2D eigenvalue weighted by atomic mass is 19.1. The summed E-state index contributed by atoms with van der Waals surface area (Å²) in [6.45, 7) is 0. The van der Waals surface area contributed by atoms with Crippen molar-refractivity contribution >= 4 is 35.1 Å². The van der Waals surface area contributed by atoms with Crippen LogP contribution in [0.1, 0.15) is 33.6 Å². The van der Waals surface area contributed by atoms with Crippen LogP contribution in [0.4, 0.5) is 16.2 Å². The van der Waals surface area contributed by atoms with Crippen molar-refractivity contribution < 1.29 is 23.7 Å². The van der Waals surface area contributed by atoms with Crippen molar-refractivity contribution in [3.63, 3.8) is 0 Å². The molecule has 11 heteroatoms. The van der Waals surface area contributed by atoms with Gasteiger partial charge in [0.15, 0.2) is 11.6 Å². The first-order valence-electron chi connectivity index (χ1n) is 12.5. The molecule has 0 atom stereocenters. The maximum Gasteiger partial charge on any atom is 0.365 e. The van der Waals surface area contributed by atoms with E-state index in [0.717, 1.165) is 6.20 Å². The van der Waals surface area contributed by atoms with Crippen LogP contribution in [-0.2, 0) is 9.68 Å². The zero-order valence-electron chi connectivity index (χ0n) is 21.5. The van der Waals surface area contributed by atoms with Crippen LogP contribution in [0.15, 0.2) is 125 Å². The number of allylic oxidation sites excluding steroid dienone is 6. The molecule has 0 saturated heterocycles. The van der Waals surface area contributed by atoms with Crippen molar-refractivity contribution in [2.75, 3.05) is 10.6 Å². The Morgan fingerprint density at radius 3 is 1.80 bits per heavy atom. The number of anilines is 2. The first kappa shape index (κ1) is 26.9. The lowest BCUT2D eigenvalue weighted by Gasteiger charge is -2.14. The van der Waals surface area contributed by atoms with Gasteiger partial charge in [0, 0.05) is 24.2 Å². The molecule has 0 spiro atoms. The van der Waals surface area contributed by atoms with Gasteiger partial charge in [-0.15, -0.1) is 0 Å². The highest BCUT2D eigenvalue weighted by Gasteiger charge is 2.14. The minimum atomic E-state index is -0.673. The Labute approximate surface area is 234 Å². The summed E-state index contributed by atoms with van der Waals surface area (Å²) in [6.07, 6.45) is 12.3. The fraction of sp³-hybridized carbons (Fsp3) is 0.0667. The van der Waals surface area contributed by atoms with Crippen LogP contribution in [-0.4, -0.2) is 33.3 Å². The molecule has 3 aromatic rings. The lowest BCUT2D eigenvalue weighted by atomic mass is 10.1. The number of carbonyl (C=O) groups excluding carboxylic acids is 2. The molecule has 0 amide bonds. The van der Waals surface area contributed by atoms with Gasteiger partial charge in [-0.05, 0) is 48.6 Å². The number of nitrogens with zero attached hydrogens (tertiary/aromatic N) is 4. The van der Waals surface area contributed by atoms with Crippen LogP contribution in [0.3, 0.4) is 0 Å². The van der Waals surface area contributed by atoms with Crippen LogP contribution in [0, 0.1) is 5.82 Å². The van der Waals surface area contributed by atoms with Gasteiger partial charge in [0.2, 0.25) is 5.95 Å². The van der Waals surface area contributed by atoms with Gasteiger partial charge in [-0.1, -0.05) is 58.9 Å². The molecule has 0 radical (unpaired) electrons. The van der Waals surface area contributed by atoms with E-state index in [1.165, 1.54) is 0 Å². The van der Waals surface area contributed by atoms with Crippen molar-refractivity contribution in [1.82, 2.24) is 9.97 Å². The summed E-state index contributed by atoms with van der Waals surface area (Å²) in [5.74, 6) is -1.78. The molecular formula is C30H23FN6O4. The number of hydrogen-bond acceptors (Lipinski definition) is 10. The minimum Gasteiger partial charge on any atom is -0.338 e. The molecule has 0 saturated carbocycles. The first-order chi connectivity index (χ1) is 20.0. The van der Waals surface area contributed by atoms with Crippen LogP contribution in [0.5, 0.6) is 0 Å². The number of aromatic nitrogens is 2. The van der Waals surface area contributed by atoms with Gasteiger partial charge >= 0.3 is 11.9 Å². The highest BCUT2D eigenvalue weighted by Crippen LogP contribution is 2.19. The lowest BCUT2D eigenvalue weighted by Crippen LogP contribution is -2.12. The van der Waals surface area contributed by atoms with Crippen molar-refractivity contribution in [2.24, 2.45) is 10.3 Å². The Hall–Kier alpha value is -5.71. The molecule has 2 aliphatic rings. The van der Waals surface area contributed by atoms with E-state index in [1.807, 2.05) is 6.08 Å². The topological polar surface area (TPSA) is 127 Å². The third-order valence-electron chi connectivity index (χ3n) is 5.67. The summed E-state index contributed by atoms with van der Waals surface area (Å²) in [5.41, 5.74) is 2.78. The standard InChI is InChI=1S/C30H23FN6O4/c31-26-19-32-30(34-23-14-8-16-25(18-23)37-41-29(39)21-11-5-2-6-12-21)35-27(26)33-22-13-7-15-24(17-22)36-40-28(38)20-9-3-1-4-10-20/h1-14,17-19H,15-16H2,(H2,32,33,34,35). The largest absolute Gasteiger partial charge is 0.365 e. The molecule has 1 aromatic heterocycles. The fourth-order valence-electron chi connectivity index (χ4n) is 3.70. The molecule has 0 aliphatic heterocycles. The van der Waals surface area contributed by atoms with Crippen molar-refractivity contribution in [3.05, 3.63) is 132 Å². The summed E-state index contributed by atoms with van der Waals surface area (Å²) >= 11 is 0. The van der Waals surface area contributed by atoms with E-state index >= 15 is 0 Å². The lowest BCUT2D eigenvalue weighted by molar-refractivity contribution is 0.0507. The average Bonchev–Trinajstić information content (AvgIpc) is 3.01. The molecule has 41 heavy (non-hydrogen) atoms. The van der Waals surface area contributed by atoms with E-state index < -0.39 is 17.8 Å². The summed E-state index contributed by atoms with van der Waals surface area (Å²) in [6, 6.07) is 17.0. The minimum absolute atomic E-state index is 0.0769. The van der Waals surface area contributed by atoms with Gasteiger partial charge in [-0.2, -0.15) is 4.98 Å². The second kappa shape index (κ2) is 12.9. The Morgan fingerprint density at radius 1 is 0.756 bits per heavy atom. The Kier molecular flexibility index (Phi) is 8.45. The SMILES string of the molecule is O=C(ON=C1C=C(Nc2ncc(F)c(NC3=CC(=NOC(=O)c4ccccc4)CC=C3)n2)C=CC1)c1ccccc1. The van der Waals surface area contributed by atoms with Crippen LogP contribution < -0.4 is 10.6 Å². The van der Waals surface area contributed by atoms with Gasteiger partial charge in [-0.25, -0.2) is 19.0 Å². The van der Waals surface area contributed by atoms with E-state index in [4.69, 9.17) is 9.68 Å². The molecule has 10 nitrogen and oxygen atoms in total. The summed E-state index contributed by atoms with van der Waals surface area (Å²) in [4.78, 5) is 42.6. The molecule has 2 aromatic carbocycles. The quantitative estimate of drug-likeness (QED) is 0.276. The molecule has 2 aliphatic carbocycles. The third-order valence-corrected chi connectivity index (χ3v) is 5.67. The van der Waals surface area contributed by atoms with Crippen LogP contribution in [0.25, 0.3) is 0 Å². The van der Waals surface area contributed by atoms with Gasteiger partial charge < -0.3 is 20.3 Å². The number of benzene rings is 2. The van der Waals surface area contributed by atoms with Crippen molar-refractivity contribution in [2.45, 2.75) is 12.8 Å². The predicted molar refractivity (Wildman–Crippen MR) is 152 cm³/mol. The number of carbonyl (C=O) groups is 2. The monoisotopic (exact) mass is 550 g/mol. The third kappa shape index (κ3) is 7.45. The molecule has 0 unspecified atom stereocenters. The second-order valence-corrected chi connectivity index (χ2v) is 8.71. The highest BCUT2D eigenvalue weighted by molar-refractivity contribution is 6.00. The molecule has 0 bridgehead atoms. The van der Waals surface area contributed by atoms with E-state index in [-0.39, 0.29) is 11.8 Å². The number of nitrogens with one attached hydrogen (secondary N) is 2. The van der Waals surface area contributed by atoms with Gasteiger partial charge in [0.25, 0.3) is 0 Å². The van der Waals surface area contributed by atoms with Crippen molar-refractivity contribution in [3.8, 4) is 0 Å². The maximum absolute atomic E-state index is 14.6. The molecule has 2 N–H and O–H groups in total. The van der Waals surface area contributed by atoms with Crippen LogP contribution in [0.2, 0.25) is 0 Å². The molecule has 0 fully saturated rings. The number of oxime groups is 2. The van der Waals surface area contributed by atoms with Crippen LogP contribution >= 0.6 is 0 Å². The molecule has 1 heterocycles. The Bertz CT molecular complexity index is 1630. The van der Waals surface area contributed by atoms with E-state index in [2.05, 4.69) is 30.9 Å². The van der Waals surface area contributed by atoms with Gasteiger partial charge in [0.1, 0.15) is 0 Å².